The summed E-state index contributed by atoms with van der Waals surface area (Å²) in [5.74, 6) is -2.99. The van der Waals surface area contributed by atoms with Crippen LogP contribution in [-0.2, 0) is 14.4 Å². The Morgan fingerprint density at radius 1 is 1.57 bits per heavy atom. The first-order valence-corrected chi connectivity index (χ1v) is 3.86. The standard InChI is InChI=1S/C7H8F2N2O3/c1-3-6(13)10-4(12)2-11(3)7(14)5(8)9/h3,5H,2H2,1H3,(H,10,12,13). The number of alkyl halides is 2. The molecule has 1 fully saturated rings. The molecule has 1 rings (SSSR count). The van der Waals surface area contributed by atoms with E-state index in [0.717, 1.165) is 0 Å². The highest BCUT2D eigenvalue weighted by molar-refractivity contribution is 6.04. The molecule has 0 aliphatic carbocycles. The van der Waals surface area contributed by atoms with Gasteiger partial charge in [-0.1, -0.05) is 0 Å². The maximum Gasteiger partial charge on any atom is 0.315 e. The van der Waals surface area contributed by atoms with Crippen molar-refractivity contribution in [2.45, 2.75) is 19.4 Å². The average Bonchev–Trinajstić information content (AvgIpc) is 2.09. The van der Waals surface area contributed by atoms with Gasteiger partial charge in [-0.25, -0.2) is 0 Å². The number of halogens is 2. The highest BCUT2D eigenvalue weighted by atomic mass is 19.3. The summed E-state index contributed by atoms with van der Waals surface area (Å²) in [5.41, 5.74) is 0. The number of imide groups is 1. The van der Waals surface area contributed by atoms with Crippen molar-refractivity contribution < 1.29 is 23.2 Å². The summed E-state index contributed by atoms with van der Waals surface area (Å²) in [6.45, 7) is 0.776. The second-order valence-electron chi connectivity index (χ2n) is 2.86. The third kappa shape index (κ3) is 1.86. The van der Waals surface area contributed by atoms with Crippen molar-refractivity contribution in [3.05, 3.63) is 0 Å². The van der Waals surface area contributed by atoms with Gasteiger partial charge < -0.3 is 4.90 Å². The van der Waals surface area contributed by atoms with Crippen LogP contribution in [0.5, 0.6) is 0 Å². The van der Waals surface area contributed by atoms with Gasteiger partial charge in [0.15, 0.2) is 0 Å². The smallest absolute Gasteiger partial charge is 0.315 e. The van der Waals surface area contributed by atoms with E-state index in [4.69, 9.17) is 0 Å². The second-order valence-corrected chi connectivity index (χ2v) is 2.86. The third-order valence-corrected chi connectivity index (χ3v) is 1.89. The van der Waals surface area contributed by atoms with Gasteiger partial charge in [-0.2, -0.15) is 8.78 Å². The molecule has 7 heteroatoms. The Morgan fingerprint density at radius 2 is 2.14 bits per heavy atom. The number of carbonyl (C=O) groups excluding carboxylic acids is 3. The molecule has 1 saturated heterocycles. The Bertz CT molecular complexity index is 293. The first-order valence-electron chi connectivity index (χ1n) is 3.86. The van der Waals surface area contributed by atoms with Crippen LogP contribution in [0, 0.1) is 0 Å². The molecule has 3 amide bonds. The van der Waals surface area contributed by atoms with E-state index >= 15 is 0 Å². The summed E-state index contributed by atoms with van der Waals surface area (Å²) in [5, 5.41) is 1.94. The van der Waals surface area contributed by atoms with E-state index < -0.39 is 36.7 Å². The Hall–Kier alpha value is -1.53. The van der Waals surface area contributed by atoms with Gasteiger partial charge in [0, 0.05) is 0 Å². The predicted octanol–water partition coefficient (Wildman–Crippen LogP) is -0.875. The fourth-order valence-corrected chi connectivity index (χ4v) is 1.11. The zero-order valence-electron chi connectivity index (χ0n) is 7.29. The van der Waals surface area contributed by atoms with Gasteiger partial charge in [-0.3, -0.25) is 19.7 Å². The lowest BCUT2D eigenvalue weighted by Gasteiger charge is -2.31. The van der Waals surface area contributed by atoms with Crippen LogP contribution in [0.2, 0.25) is 0 Å². The lowest BCUT2D eigenvalue weighted by Crippen LogP contribution is -2.59. The third-order valence-electron chi connectivity index (χ3n) is 1.89. The summed E-state index contributed by atoms with van der Waals surface area (Å²) < 4.78 is 24.0. The molecule has 0 saturated carbocycles. The number of piperazine rings is 1. The van der Waals surface area contributed by atoms with Crippen molar-refractivity contribution in [1.29, 1.82) is 0 Å². The molecule has 1 atom stereocenters. The summed E-state index contributed by atoms with van der Waals surface area (Å²) in [6, 6.07) is -1.03. The van der Waals surface area contributed by atoms with Crippen LogP contribution in [0.15, 0.2) is 0 Å². The zero-order valence-corrected chi connectivity index (χ0v) is 7.29. The van der Waals surface area contributed by atoms with E-state index in [1.54, 1.807) is 0 Å². The fraction of sp³-hybridized carbons (Fsp3) is 0.571. The average molecular weight is 206 g/mol. The lowest BCUT2D eigenvalue weighted by atomic mass is 10.2. The number of nitrogens with one attached hydrogen (secondary N) is 1. The van der Waals surface area contributed by atoms with Crippen LogP contribution >= 0.6 is 0 Å². The summed E-state index contributed by atoms with van der Waals surface area (Å²) >= 11 is 0. The number of rotatable bonds is 1. The zero-order chi connectivity index (χ0) is 10.9. The maximum absolute atomic E-state index is 12.0. The highest BCUT2D eigenvalue weighted by Gasteiger charge is 2.36. The minimum atomic E-state index is -3.20. The van der Waals surface area contributed by atoms with Crippen molar-refractivity contribution in [2.75, 3.05) is 6.54 Å². The molecule has 0 bridgehead atoms. The van der Waals surface area contributed by atoms with E-state index in [-0.39, 0.29) is 0 Å². The van der Waals surface area contributed by atoms with Crippen LogP contribution in [0.3, 0.4) is 0 Å². The van der Waals surface area contributed by atoms with E-state index in [2.05, 4.69) is 0 Å². The van der Waals surface area contributed by atoms with Gasteiger partial charge in [-0.15, -0.1) is 0 Å². The van der Waals surface area contributed by atoms with Gasteiger partial charge in [0.1, 0.15) is 12.6 Å². The molecule has 14 heavy (non-hydrogen) atoms. The quantitative estimate of drug-likeness (QED) is 0.567. The minimum absolute atomic E-state index is 0.504. The van der Waals surface area contributed by atoms with Crippen LogP contribution in [0.25, 0.3) is 0 Å². The minimum Gasteiger partial charge on any atom is -0.317 e. The molecule has 1 unspecified atom stereocenters. The topological polar surface area (TPSA) is 66.5 Å². The van der Waals surface area contributed by atoms with Crippen molar-refractivity contribution in [2.24, 2.45) is 0 Å². The molecule has 78 valence electrons. The monoisotopic (exact) mass is 206 g/mol. The molecule has 1 aliphatic heterocycles. The molecular formula is C7H8F2N2O3. The fourth-order valence-electron chi connectivity index (χ4n) is 1.11. The highest BCUT2D eigenvalue weighted by Crippen LogP contribution is 2.09. The summed E-state index contributed by atoms with van der Waals surface area (Å²) in [4.78, 5) is 33.2. The van der Waals surface area contributed by atoms with Crippen LogP contribution in [-0.4, -0.2) is 41.6 Å². The molecule has 1 N–H and O–H groups in total. The largest absolute Gasteiger partial charge is 0.317 e. The molecule has 0 radical (unpaired) electrons. The Kier molecular flexibility index (Phi) is 2.78. The SMILES string of the molecule is CC1C(=O)NC(=O)CN1C(=O)C(F)F. The van der Waals surface area contributed by atoms with Crippen LogP contribution < -0.4 is 5.32 Å². The van der Waals surface area contributed by atoms with Crippen molar-refractivity contribution in [1.82, 2.24) is 10.2 Å². The molecule has 0 aromatic heterocycles. The second kappa shape index (κ2) is 3.69. The van der Waals surface area contributed by atoms with Crippen molar-refractivity contribution >= 4 is 17.7 Å². The first-order chi connectivity index (χ1) is 6.43. The normalized spacial score (nSPS) is 22.6. The van der Waals surface area contributed by atoms with Gasteiger partial charge in [-0.05, 0) is 6.92 Å². The van der Waals surface area contributed by atoms with E-state index in [1.807, 2.05) is 5.32 Å². The summed E-state index contributed by atoms with van der Waals surface area (Å²) in [7, 11) is 0. The molecule has 1 heterocycles. The molecule has 0 aromatic carbocycles. The number of hydrogen-bond acceptors (Lipinski definition) is 3. The van der Waals surface area contributed by atoms with Crippen molar-refractivity contribution in [3.63, 3.8) is 0 Å². The van der Waals surface area contributed by atoms with Crippen molar-refractivity contribution in [3.8, 4) is 0 Å². The van der Waals surface area contributed by atoms with Gasteiger partial charge >= 0.3 is 6.43 Å². The number of carbonyl (C=O) groups is 3. The lowest BCUT2D eigenvalue weighted by molar-refractivity contribution is -0.155. The Balaban J connectivity index is 2.81. The Labute approximate surface area is 78.0 Å². The Morgan fingerprint density at radius 3 is 2.64 bits per heavy atom. The van der Waals surface area contributed by atoms with E-state index in [0.29, 0.717) is 4.90 Å². The molecular weight excluding hydrogens is 198 g/mol. The van der Waals surface area contributed by atoms with E-state index in [9.17, 15) is 23.2 Å². The first kappa shape index (κ1) is 10.6. The maximum atomic E-state index is 12.0. The number of nitrogens with zero attached hydrogens (tertiary/aromatic N) is 1. The van der Waals surface area contributed by atoms with Crippen LogP contribution in [0.4, 0.5) is 8.78 Å². The molecule has 5 nitrogen and oxygen atoms in total. The van der Waals surface area contributed by atoms with E-state index in [1.165, 1.54) is 6.92 Å². The summed E-state index contributed by atoms with van der Waals surface area (Å²) in [6.07, 6.45) is -3.20. The number of hydrogen-bond donors (Lipinski definition) is 1. The van der Waals surface area contributed by atoms with Gasteiger partial charge in [0.25, 0.3) is 5.91 Å². The van der Waals surface area contributed by atoms with Crippen LogP contribution in [0.1, 0.15) is 6.92 Å². The van der Waals surface area contributed by atoms with Gasteiger partial charge in [0.05, 0.1) is 0 Å². The number of amides is 3. The molecule has 1 aliphatic rings. The van der Waals surface area contributed by atoms with Gasteiger partial charge in [0.2, 0.25) is 11.8 Å². The molecule has 0 spiro atoms. The molecule has 0 aromatic rings. The predicted molar refractivity (Wildman–Crippen MR) is 40.3 cm³/mol.